The van der Waals surface area contributed by atoms with Crippen molar-refractivity contribution >= 4 is 62.3 Å². The smallest absolute Gasteiger partial charge is 0.346 e. The lowest BCUT2D eigenvalue weighted by molar-refractivity contribution is -0.116. The number of hydrogen-bond acceptors (Lipinski definition) is 5. The number of nitrogens with one attached hydrogen (secondary N) is 1. The summed E-state index contributed by atoms with van der Waals surface area (Å²) >= 11 is 12.8. The van der Waals surface area contributed by atoms with Gasteiger partial charge in [-0.2, -0.15) is 0 Å². The van der Waals surface area contributed by atoms with Crippen molar-refractivity contribution in [3.8, 4) is 0 Å². The van der Waals surface area contributed by atoms with E-state index in [2.05, 4.69) is 10.3 Å². The van der Waals surface area contributed by atoms with Gasteiger partial charge in [-0.15, -0.1) is 11.3 Å². The number of fused-ring (bicyclic) bond motifs is 1. The minimum atomic E-state index is -1.12. The lowest BCUT2D eigenvalue weighted by Crippen LogP contribution is -2.28. The van der Waals surface area contributed by atoms with Crippen LogP contribution < -0.4 is 10.9 Å². The van der Waals surface area contributed by atoms with Gasteiger partial charge in [-0.25, -0.2) is 9.78 Å². The van der Waals surface area contributed by atoms with Gasteiger partial charge in [0.2, 0.25) is 5.91 Å². The first-order valence-corrected chi connectivity index (χ1v) is 8.82. The van der Waals surface area contributed by atoms with Crippen molar-refractivity contribution in [2.75, 3.05) is 5.32 Å². The standard InChI is InChI=1S/C16H11Cl2N3O4S/c1-7-12-14(26-13(7)16(24)25)19-6-21(15(12)23)5-11(22)20-10-4-8(17)2-3-9(10)18/h2-4,6H,5H2,1H3,(H,20,22)(H,24,25). The van der Waals surface area contributed by atoms with Gasteiger partial charge in [0.25, 0.3) is 5.56 Å². The number of benzene rings is 1. The van der Waals surface area contributed by atoms with Gasteiger partial charge in [0.15, 0.2) is 0 Å². The summed E-state index contributed by atoms with van der Waals surface area (Å²) in [4.78, 5) is 40.5. The van der Waals surface area contributed by atoms with E-state index in [1.807, 2.05) is 0 Å². The number of carboxylic acids is 1. The van der Waals surface area contributed by atoms with E-state index in [0.29, 0.717) is 26.1 Å². The molecule has 10 heteroatoms. The average Bonchev–Trinajstić information content (AvgIpc) is 2.91. The van der Waals surface area contributed by atoms with Gasteiger partial charge in [0.1, 0.15) is 16.3 Å². The molecule has 26 heavy (non-hydrogen) atoms. The zero-order valence-electron chi connectivity index (χ0n) is 13.2. The molecule has 0 saturated carbocycles. The number of thiophene rings is 1. The number of aromatic carboxylic acids is 1. The molecule has 1 aromatic carbocycles. The first-order chi connectivity index (χ1) is 12.3. The van der Waals surface area contributed by atoms with E-state index in [9.17, 15) is 19.5 Å². The Bertz CT molecular complexity index is 1110. The number of aromatic nitrogens is 2. The molecular weight excluding hydrogens is 401 g/mol. The monoisotopic (exact) mass is 411 g/mol. The van der Waals surface area contributed by atoms with Gasteiger partial charge in [0, 0.05) is 5.02 Å². The summed E-state index contributed by atoms with van der Waals surface area (Å²) in [7, 11) is 0. The molecule has 2 aromatic heterocycles. The number of carbonyl (C=O) groups excluding carboxylic acids is 1. The zero-order chi connectivity index (χ0) is 19.0. The Kier molecular flexibility index (Phi) is 4.99. The van der Waals surface area contributed by atoms with Crippen molar-refractivity contribution in [1.29, 1.82) is 0 Å². The van der Waals surface area contributed by atoms with Gasteiger partial charge in [0.05, 0.1) is 22.4 Å². The fourth-order valence-electron chi connectivity index (χ4n) is 2.41. The molecule has 3 aromatic rings. The minimum absolute atomic E-state index is 0.0533. The highest BCUT2D eigenvalue weighted by molar-refractivity contribution is 7.20. The third-order valence-corrected chi connectivity index (χ3v) is 5.38. The predicted molar refractivity (Wildman–Crippen MR) is 101 cm³/mol. The SMILES string of the molecule is Cc1c(C(=O)O)sc2ncn(CC(=O)Nc3cc(Cl)ccc3Cl)c(=O)c12. The van der Waals surface area contributed by atoms with E-state index in [0.717, 1.165) is 15.9 Å². The van der Waals surface area contributed by atoms with Gasteiger partial charge < -0.3 is 10.4 Å². The molecular formula is C16H11Cl2N3O4S. The van der Waals surface area contributed by atoms with Crippen LogP contribution in [0.5, 0.6) is 0 Å². The van der Waals surface area contributed by atoms with Crippen LogP contribution in [0.3, 0.4) is 0 Å². The largest absolute Gasteiger partial charge is 0.477 e. The second-order valence-electron chi connectivity index (χ2n) is 5.39. The molecule has 0 fully saturated rings. The first-order valence-electron chi connectivity index (χ1n) is 7.24. The third-order valence-electron chi connectivity index (χ3n) is 3.63. The van der Waals surface area contributed by atoms with Crippen LogP contribution in [0.15, 0.2) is 29.3 Å². The lowest BCUT2D eigenvalue weighted by atomic mass is 10.2. The van der Waals surface area contributed by atoms with Crippen molar-refractivity contribution in [3.63, 3.8) is 0 Å². The van der Waals surface area contributed by atoms with Crippen molar-refractivity contribution in [3.05, 3.63) is 55.4 Å². The Hall–Kier alpha value is -2.42. The number of amides is 1. The fourth-order valence-corrected chi connectivity index (χ4v) is 3.73. The van der Waals surface area contributed by atoms with Crippen LogP contribution in [0.25, 0.3) is 10.2 Å². The second-order valence-corrected chi connectivity index (χ2v) is 7.23. The number of anilines is 1. The number of hydrogen-bond donors (Lipinski definition) is 2. The highest BCUT2D eigenvalue weighted by Gasteiger charge is 2.19. The van der Waals surface area contributed by atoms with E-state index >= 15 is 0 Å². The summed E-state index contributed by atoms with van der Waals surface area (Å²) in [5, 5.41) is 12.7. The molecule has 0 unspecified atom stereocenters. The van der Waals surface area contributed by atoms with Crippen LogP contribution >= 0.6 is 34.5 Å². The number of carbonyl (C=O) groups is 2. The van der Waals surface area contributed by atoms with E-state index in [1.165, 1.54) is 12.4 Å². The minimum Gasteiger partial charge on any atom is -0.477 e. The normalized spacial score (nSPS) is 10.9. The van der Waals surface area contributed by atoms with Gasteiger partial charge in [-0.3, -0.25) is 14.2 Å². The quantitative estimate of drug-likeness (QED) is 0.684. The van der Waals surface area contributed by atoms with E-state index in [-0.39, 0.29) is 16.8 Å². The number of rotatable bonds is 4. The maximum absolute atomic E-state index is 12.6. The van der Waals surface area contributed by atoms with Crippen LogP contribution in [-0.4, -0.2) is 26.5 Å². The first kappa shape index (κ1) is 18.4. The van der Waals surface area contributed by atoms with Gasteiger partial charge in [-0.05, 0) is 30.7 Å². The molecule has 0 saturated heterocycles. The molecule has 3 rings (SSSR count). The zero-order valence-corrected chi connectivity index (χ0v) is 15.6. The van der Waals surface area contributed by atoms with Crippen molar-refractivity contribution in [2.24, 2.45) is 0 Å². The second kappa shape index (κ2) is 7.06. The summed E-state index contributed by atoms with van der Waals surface area (Å²) in [6.07, 6.45) is 1.21. The van der Waals surface area contributed by atoms with Crippen LogP contribution in [0.1, 0.15) is 15.2 Å². The Labute approximate surface area is 160 Å². The molecule has 0 bridgehead atoms. The van der Waals surface area contributed by atoms with Gasteiger partial charge in [-0.1, -0.05) is 23.2 Å². The van der Waals surface area contributed by atoms with Crippen molar-refractivity contribution in [1.82, 2.24) is 9.55 Å². The molecule has 7 nitrogen and oxygen atoms in total. The number of carboxylic acid groups (broad SMARTS) is 1. The molecule has 2 N–H and O–H groups in total. The number of nitrogens with zero attached hydrogens (tertiary/aromatic N) is 2. The summed E-state index contributed by atoms with van der Waals surface area (Å²) in [6, 6.07) is 4.62. The molecule has 0 aliphatic carbocycles. The number of halogens is 2. The molecule has 2 heterocycles. The molecule has 0 radical (unpaired) electrons. The molecule has 1 amide bonds. The Balaban J connectivity index is 1.91. The lowest BCUT2D eigenvalue weighted by Gasteiger charge is -2.09. The summed E-state index contributed by atoms with van der Waals surface area (Å²) < 4.78 is 1.11. The molecule has 0 atom stereocenters. The van der Waals surface area contributed by atoms with Gasteiger partial charge >= 0.3 is 5.97 Å². The van der Waals surface area contributed by atoms with Crippen molar-refractivity contribution in [2.45, 2.75) is 13.5 Å². The summed E-state index contributed by atoms with van der Waals surface area (Å²) in [5.74, 6) is -1.62. The van der Waals surface area contributed by atoms with Crippen molar-refractivity contribution < 1.29 is 14.7 Å². The maximum Gasteiger partial charge on any atom is 0.346 e. The van der Waals surface area contributed by atoms with Crippen LogP contribution in [0.4, 0.5) is 5.69 Å². The highest BCUT2D eigenvalue weighted by Crippen LogP contribution is 2.27. The van der Waals surface area contributed by atoms with E-state index in [4.69, 9.17) is 23.2 Å². The fraction of sp³-hybridized carbons (Fsp3) is 0.125. The molecule has 0 aliphatic heterocycles. The summed E-state index contributed by atoms with van der Waals surface area (Å²) in [6.45, 7) is 1.24. The maximum atomic E-state index is 12.6. The predicted octanol–water partition coefficient (Wildman–Crippen LogP) is 3.41. The van der Waals surface area contributed by atoms with Crippen LogP contribution in [0, 0.1) is 6.92 Å². The molecule has 134 valence electrons. The van der Waals surface area contributed by atoms with Crippen LogP contribution in [-0.2, 0) is 11.3 Å². The third kappa shape index (κ3) is 3.44. The summed E-state index contributed by atoms with van der Waals surface area (Å²) in [5.41, 5.74) is 0.178. The average molecular weight is 412 g/mol. The van der Waals surface area contributed by atoms with E-state index in [1.54, 1.807) is 19.1 Å². The molecule has 0 spiro atoms. The Morgan fingerprint density at radius 1 is 1.35 bits per heavy atom. The van der Waals surface area contributed by atoms with E-state index < -0.39 is 17.4 Å². The molecule has 0 aliphatic rings. The topological polar surface area (TPSA) is 101 Å². The number of aryl methyl sites for hydroxylation is 1. The Morgan fingerprint density at radius 3 is 2.77 bits per heavy atom. The Morgan fingerprint density at radius 2 is 2.08 bits per heavy atom. The highest BCUT2D eigenvalue weighted by atomic mass is 35.5. The van der Waals surface area contributed by atoms with Crippen LogP contribution in [0.2, 0.25) is 10.0 Å².